The number of benzene rings is 1. The lowest BCUT2D eigenvalue weighted by molar-refractivity contribution is 0.119. The minimum absolute atomic E-state index is 0.860. The molecule has 2 unspecified atom stereocenters. The largest absolute Gasteiger partial charge is 0.303 e. The molecule has 3 nitrogen and oxygen atoms in total. The van der Waals surface area contributed by atoms with Gasteiger partial charge < -0.3 is 4.90 Å². The maximum Gasteiger partial charge on any atom is 0.0230 e. The van der Waals surface area contributed by atoms with Gasteiger partial charge in [-0.25, -0.2) is 4.31 Å². The Kier molecular flexibility index (Phi) is 5.47. The van der Waals surface area contributed by atoms with Crippen molar-refractivity contribution in [2.75, 3.05) is 45.8 Å². The van der Waals surface area contributed by atoms with Crippen LogP contribution in [-0.2, 0) is 0 Å². The Labute approximate surface area is 151 Å². The lowest BCUT2D eigenvalue weighted by Crippen LogP contribution is -2.44. The Morgan fingerprint density at radius 2 is 1.62 bits per heavy atom. The molecule has 3 saturated heterocycles. The van der Waals surface area contributed by atoms with Crippen molar-refractivity contribution in [1.29, 1.82) is 0 Å². The van der Waals surface area contributed by atoms with Crippen molar-refractivity contribution in [1.82, 2.24) is 14.1 Å². The summed E-state index contributed by atoms with van der Waals surface area (Å²) >= 11 is 1.96. The molecule has 4 heteroatoms. The van der Waals surface area contributed by atoms with E-state index >= 15 is 0 Å². The molecule has 2 atom stereocenters. The Balaban J connectivity index is 1.25. The van der Waals surface area contributed by atoms with Crippen molar-refractivity contribution in [2.24, 2.45) is 11.8 Å². The average Bonchev–Trinajstić information content (AvgIpc) is 3.15. The highest BCUT2D eigenvalue weighted by atomic mass is 32.2. The molecule has 24 heavy (non-hydrogen) atoms. The molecular formula is C20H31N3S. The van der Waals surface area contributed by atoms with Crippen LogP contribution in [0.15, 0.2) is 35.2 Å². The first-order chi connectivity index (χ1) is 11.8. The maximum absolute atomic E-state index is 2.84. The Morgan fingerprint density at radius 3 is 2.25 bits per heavy atom. The van der Waals surface area contributed by atoms with Gasteiger partial charge in [0.1, 0.15) is 0 Å². The first-order valence-corrected chi connectivity index (χ1v) is 10.5. The zero-order chi connectivity index (χ0) is 16.4. The van der Waals surface area contributed by atoms with Gasteiger partial charge in [0.05, 0.1) is 0 Å². The van der Waals surface area contributed by atoms with Crippen LogP contribution in [-0.4, -0.2) is 66.0 Å². The lowest BCUT2D eigenvalue weighted by Gasteiger charge is -2.37. The zero-order valence-corrected chi connectivity index (χ0v) is 15.8. The van der Waals surface area contributed by atoms with E-state index in [-0.39, 0.29) is 0 Å². The molecule has 1 aromatic carbocycles. The van der Waals surface area contributed by atoms with E-state index < -0.39 is 0 Å². The summed E-state index contributed by atoms with van der Waals surface area (Å²) in [6, 6.07) is 11.7. The van der Waals surface area contributed by atoms with Crippen molar-refractivity contribution in [3.05, 3.63) is 30.3 Å². The summed E-state index contributed by atoms with van der Waals surface area (Å²) in [5, 5.41) is 0. The van der Waals surface area contributed by atoms with E-state index in [1.807, 2.05) is 11.9 Å². The predicted molar refractivity (Wildman–Crippen MR) is 102 cm³/mol. The van der Waals surface area contributed by atoms with Crippen LogP contribution in [0, 0.1) is 11.8 Å². The highest BCUT2D eigenvalue weighted by Gasteiger charge is 2.42. The number of piperidine rings is 1. The molecule has 0 radical (unpaired) electrons. The minimum atomic E-state index is 0.860. The summed E-state index contributed by atoms with van der Waals surface area (Å²) < 4.78 is 2.60. The minimum Gasteiger partial charge on any atom is -0.303 e. The fourth-order valence-corrected chi connectivity index (χ4v) is 5.92. The number of nitrogens with zero attached hydrogens (tertiary/aromatic N) is 3. The van der Waals surface area contributed by atoms with E-state index in [4.69, 9.17) is 0 Å². The third kappa shape index (κ3) is 3.82. The molecule has 3 aliphatic heterocycles. The van der Waals surface area contributed by atoms with E-state index in [0.717, 1.165) is 17.9 Å². The van der Waals surface area contributed by atoms with E-state index in [9.17, 15) is 0 Å². The van der Waals surface area contributed by atoms with Crippen LogP contribution in [0.5, 0.6) is 0 Å². The molecular weight excluding hydrogens is 314 g/mol. The molecule has 3 heterocycles. The number of hydrogen-bond donors (Lipinski definition) is 0. The van der Waals surface area contributed by atoms with Crippen LogP contribution in [0.4, 0.5) is 0 Å². The maximum atomic E-state index is 2.84. The number of rotatable bonds is 5. The first kappa shape index (κ1) is 16.9. The van der Waals surface area contributed by atoms with Crippen LogP contribution in [0.1, 0.15) is 26.2 Å². The van der Waals surface area contributed by atoms with Gasteiger partial charge in [0.15, 0.2) is 0 Å². The molecule has 0 spiro atoms. The van der Waals surface area contributed by atoms with E-state index in [0.29, 0.717) is 0 Å². The normalized spacial score (nSPS) is 30.0. The van der Waals surface area contributed by atoms with Gasteiger partial charge in [-0.2, -0.15) is 0 Å². The Bertz CT molecular complexity index is 501. The van der Waals surface area contributed by atoms with Crippen LogP contribution in [0.25, 0.3) is 0 Å². The molecule has 0 aromatic heterocycles. The molecule has 3 aliphatic rings. The molecule has 0 bridgehead atoms. The molecule has 0 amide bonds. The fraction of sp³-hybridized carbons (Fsp3) is 0.700. The third-order valence-corrected chi connectivity index (χ3v) is 7.11. The molecule has 0 aliphatic carbocycles. The summed E-state index contributed by atoms with van der Waals surface area (Å²) in [5.74, 6) is 1.80. The fourth-order valence-electron chi connectivity index (χ4n) is 4.81. The smallest absolute Gasteiger partial charge is 0.0230 e. The standard InChI is InChI=1S/C20H31N3S/c1-2-10-21-11-8-19(9-12-21)22-13-17-15-23(16-18(17)14-22)24-20-6-4-3-5-7-20/h3-7,17-19H,2,8-16H2,1H3. The lowest BCUT2D eigenvalue weighted by atomic mass is 10.0. The molecule has 0 N–H and O–H groups in total. The second-order valence-electron chi connectivity index (χ2n) is 7.80. The van der Waals surface area contributed by atoms with Crippen molar-refractivity contribution in [2.45, 2.75) is 37.1 Å². The summed E-state index contributed by atoms with van der Waals surface area (Å²) in [7, 11) is 0. The van der Waals surface area contributed by atoms with Gasteiger partial charge in [-0.3, -0.25) is 4.90 Å². The van der Waals surface area contributed by atoms with Gasteiger partial charge in [0.25, 0.3) is 0 Å². The number of likely N-dealkylation sites (tertiary alicyclic amines) is 2. The highest BCUT2D eigenvalue weighted by Crippen LogP contribution is 2.38. The average molecular weight is 346 g/mol. The quantitative estimate of drug-likeness (QED) is 0.756. The van der Waals surface area contributed by atoms with Gasteiger partial charge >= 0.3 is 0 Å². The third-order valence-electron chi connectivity index (χ3n) is 6.07. The van der Waals surface area contributed by atoms with Gasteiger partial charge in [-0.05, 0) is 74.8 Å². The van der Waals surface area contributed by atoms with Crippen LogP contribution < -0.4 is 0 Å². The van der Waals surface area contributed by atoms with Gasteiger partial charge in [0, 0.05) is 37.1 Å². The molecule has 1 aromatic rings. The summed E-state index contributed by atoms with van der Waals surface area (Å²) in [4.78, 5) is 6.88. The van der Waals surface area contributed by atoms with E-state index in [1.165, 1.54) is 70.0 Å². The molecule has 0 saturated carbocycles. The van der Waals surface area contributed by atoms with Crippen molar-refractivity contribution in [3.63, 3.8) is 0 Å². The topological polar surface area (TPSA) is 9.72 Å². The summed E-state index contributed by atoms with van der Waals surface area (Å²) in [6.45, 7) is 11.5. The van der Waals surface area contributed by atoms with Gasteiger partial charge in [0.2, 0.25) is 0 Å². The van der Waals surface area contributed by atoms with Crippen LogP contribution in [0.2, 0.25) is 0 Å². The molecule has 132 valence electrons. The van der Waals surface area contributed by atoms with Crippen molar-refractivity contribution in [3.8, 4) is 0 Å². The first-order valence-electron chi connectivity index (χ1n) is 9.76. The zero-order valence-electron chi connectivity index (χ0n) is 14.9. The highest BCUT2D eigenvalue weighted by molar-refractivity contribution is 7.97. The monoisotopic (exact) mass is 345 g/mol. The number of hydrogen-bond acceptors (Lipinski definition) is 4. The number of fused-ring (bicyclic) bond motifs is 1. The SMILES string of the molecule is CCCN1CCC(N2CC3CN(Sc4ccccc4)CC3C2)CC1. The molecule has 3 fully saturated rings. The second kappa shape index (κ2) is 7.77. The van der Waals surface area contributed by atoms with Crippen LogP contribution in [0.3, 0.4) is 0 Å². The predicted octanol–water partition coefficient (Wildman–Crippen LogP) is 3.43. The summed E-state index contributed by atoms with van der Waals surface area (Å²) in [6.07, 6.45) is 4.08. The van der Waals surface area contributed by atoms with E-state index in [1.54, 1.807) is 0 Å². The van der Waals surface area contributed by atoms with Crippen molar-refractivity contribution >= 4 is 11.9 Å². The Morgan fingerprint density at radius 1 is 0.958 bits per heavy atom. The molecule has 4 rings (SSSR count). The van der Waals surface area contributed by atoms with Crippen LogP contribution >= 0.6 is 11.9 Å². The second-order valence-corrected chi connectivity index (χ2v) is 8.97. The summed E-state index contributed by atoms with van der Waals surface area (Å²) in [5.41, 5.74) is 0. The van der Waals surface area contributed by atoms with E-state index in [2.05, 4.69) is 51.4 Å². The Hall–Kier alpha value is -0.550. The van der Waals surface area contributed by atoms with Crippen molar-refractivity contribution < 1.29 is 0 Å². The van der Waals surface area contributed by atoms with Gasteiger partial charge in [-0.15, -0.1) is 0 Å². The van der Waals surface area contributed by atoms with Gasteiger partial charge in [-0.1, -0.05) is 25.1 Å².